The quantitative estimate of drug-likeness (QED) is 0.758. The highest BCUT2D eigenvalue weighted by atomic mass is 16.4. The third kappa shape index (κ3) is 1.80. The molecule has 0 fully saturated rings. The lowest BCUT2D eigenvalue weighted by Gasteiger charge is -2.06. The van der Waals surface area contributed by atoms with Gasteiger partial charge in [0.2, 0.25) is 0 Å². The molecule has 1 heterocycles. The molecule has 1 atom stereocenters. The molecule has 2 rings (SSSR count). The van der Waals surface area contributed by atoms with Crippen molar-refractivity contribution >= 4 is 16.9 Å². The Labute approximate surface area is 99.4 Å². The van der Waals surface area contributed by atoms with Gasteiger partial charge in [0.05, 0.1) is 0 Å². The van der Waals surface area contributed by atoms with Crippen molar-refractivity contribution < 1.29 is 9.90 Å². The summed E-state index contributed by atoms with van der Waals surface area (Å²) >= 11 is 0. The Morgan fingerprint density at radius 2 is 2.24 bits per heavy atom. The molecule has 0 amide bonds. The molecule has 0 aliphatic rings. The fourth-order valence-corrected chi connectivity index (χ4v) is 2.25. The summed E-state index contributed by atoms with van der Waals surface area (Å²) in [6, 6.07) is 4.91. The van der Waals surface area contributed by atoms with Crippen LogP contribution in [0.4, 0.5) is 0 Å². The zero-order valence-corrected chi connectivity index (χ0v) is 9.95. The predicted octanol–water partition coefficient (Wildman–Crippen LogP) is 2.12. The monoisotopic (exact) mass is 232 g/mol. The molecule has 0 aliphatic carbocycles. The topological polar surface area (TPSA) is 79.1 Å². The zero-order chi connectivity index (χ0) is 12.6. The lowest BCUT2D eigenvalue weighted by Crippen LogP contribution is -2.21. The number of carboxylic acid groups (broad SMARTS) is 1. The van der Waals surface area contributed by atoms with Gasteiger partial charge in [0, 0.05) is 22.2 Å². The number of aliphatic carboxylic acids is 1. The highest BCUT2D eigenvalue weighted by Gasteiger charge is 2.21. The molecule has 2 aromatic rings. The van der Waals surface area contributed by atoms with Crippen LogP contribution in [-0.4, -0.2) is 16.1 Å². The Kier molecular flexibility index (Phi) is 2.90. The van der Waals surface area contributed by atoms with E-state index in [1.807, 2.05) is 25.1 Å². The van der Waals surface area contributed by atoms with Crippen LogP contribution in [0.3, 0.4) is 0 Å². The largest absolute Gasteiger partial charge is 0.480 e. The Hall–Kier alpha value is -1.81. The third-order valence-electron chi connectivity index (χ3n) is 3.12. The highest BCUT2D eigenvalue weighted by molar-refractivity contribution is 5.92. The van der Waals surface area contributed by atoms with Crippen LogP contribution in [0.2, 0.25) is 0 Å². The molecule has 17 heavy (non-hydrogen) atoms. The van der Waals surface area contributed by atoms with Crippen molar-refractivity contribution in [1.82, 2.24) is 4.98 Å². The standard InChI is InChI=1S/C13H16N2O2/c1-3-8-5-4-6-9-10(11(14)13(16)17)7(2)15-12(8)9/h4-6,11,15H,3,14H2,1-2H3,(H,16,17). The second-order valence-corrected chi connectivity index (χ2v) is 4.17. The van der Waals surface area contributed by atoms with E-state index in [0.29, 0.717) is 5.56 Å². The van der Waals surface area contributed by atoms with Crippen LogP contribution in [0.25, 0.3) is 10.9 Å². The van der Waals surface area contributed by atoms with Gasteiger partial charge >= 0.3 is 5.97 Å². The van der Waals surface area contributed by atoms with Crippen molar-refractivity contribution in [3.63, 3.8) is 0 Å². The van der Waals surface area contributed by atoms with E-state index in [9.17, 15) is 4.79 Å². The van der Waals surface area contributed by atoms with Crippen LogP contribution in [-0.2, 0) is 11.2 Å². The van der Waals surface area contributed by atoms with E-state index < -0.39 is 12.0 Å². The number of hydrogen-bond donors (Lipinski definition) is 3. The first kappa shape index (κ1) is 11.7. The molecule has 4 heteroatoms. The van der Waals surface area contributed by atoms with Gasteiger partial charge in [-0.25, -0.2) is 0 Å². The van der Waals surface area contributed by atoms with Gasteiger partial charge in [0.15, 0.2) is 0 Å². The summed E-state index contributed by atoms with van der Waals surface area (Å²) in [7, 11) is 0. The van der Waals surface area contributed by atoms with Crippen molar-refractivity contribution in [2.45, 2.75) is 26.3 Å². The minimum atomic E-state index is -1.00. The number of benzene rings is 1. The molecular formula is C13H16N2O2. The molecule has 0 spiro atoms. The number of aromatic nitrogens is 1. The highest BCUT2D eigenvalue weighted by Crippen LogP contribution is 2.29. The number of fused-ring (bicyclic) bond motifs is 1. The summed E-state index contributed by atoms with van der Waals surface area (Å²) in [4.78, 5) is 14.2. The maximum absolute atomic E-state index is 11.0. The summed E-state index contributed by atoms with van der Waals surface area (Å²) in [5.41, 5.74) is 9.41. The Bertz CT molecular complexity index is 572. The number of nitrogens with one attached hydrogen (secondary N) is 1. The molecule has 0 saturated carbocycles. The maximum Gasteiger partial charge on any atom is 0.325 e. The SMILES string of the molecule is CCc1cccc2c(C(N)C(=O)O)c(C)[nH]c12. The number of aromatic amines is 1. The first-order valence-electron chi connectivity index (χ1n) is 5.64. The minimum Gasteiger partial charge on any atom is -0.480 e. The van der Waals surface area contributed by atoms with Crippen LogP contribution in [0.5, 0.6) is 0 Å². The van der Waals surface area contributed by atoms with E-state index in [1.54, 1.807) is 0 Å². The average molecular weight is 232 g/mol. The first-order chi connectivity index (χ1) is 8.06. The number of carbonyl (C=O) groups is 1. The van der Waals surface area contributed by atoms with E-state index in [2.05, 4.69) is 11.9 Å². The first-order valence-corrected chi connectivity index (χ1v) is 5.64. The van der Waals surface area contributed by atoms with Gasteiger partial charge in [-0.05, 0) is 18.9 Å². The molecule has 0 saturated heterocycles. The smallest absolute Gasteiger partial charge is 0.325 e. The van der Waals surface area contributed by atoms with Crippen molar-refractivity contribution in [3.8, 4) is 0 Å². The molecule has 1 unspecified atom stereocenters. The minimum absolute atomic E-state index is 0.683. The van der Waals surface area contributed by atoms with Crippen LogP contribution < -0.4 is 5.73 Å². The molecule has 4 N–H and O–H groups in total. The van der Waals surface area contributed by atoms with Gasteiger partial charge in [0.25, 0.3) is 0 Å². The average Bonchev–Trinajstić information content (AvgIpc) is 2.63. The number of nitrogens with two attached hydrogens (primary N) is 1. The van der Waals surface area contributed by atoms with Crippen molar-refractivity contribution in [1.29, 1.82) is 0 Å². The van der Waals surface area contributed by atoms with Crippen molar-refractivity contribution in [2.24, 2.45) is 5.73 Å². The number of para-hydroxylation sites is 1. The molecule has 0 aliphatic heterocycles. The summed E-state index contributed by atoms with van der Waals surface area (Å²) < 4.78 is 0. The van der Waals surface area contributed by atoms with Gasteiger partial charge in [-0.3, -0.25) is 4.79 Å². The lowest BCUT2D eigenvalue weighted by atomic mass is 10.0. The van der Waals surface area contributed by atoms with Crippen LogP contribution in [0, 0.1) is 6.92 Å². The molecule has 90 valence electrons. The molecule has 1 aromatic carbocycles. The van der Waals surface area contributed by atoms with E-state index >= 15 is 0 Å². The zero-order valence-electron chi connectivity index (χ0n) is 9.95. The number of carboxylic acids is 1. The van der Waals surface area contributed by atoms with Crippen LogP contribution >= 0.6 is 0 Å². The van der Waals surface area contributed by atoms with Gasteiger partial charge in [0.1, 0.15) is 6.04 Å². The molecular weight excluding hydrogens is 216 g/mol. The second kappa shape index (κ2) is 4.22. The Morgan fingerprint density at radius 3 is 2.82 bits per heavy atom. The van der Waals surface area contributed by atoms with E-state index in [1.165, 1.54) is 5.56 Å². The fraction of sp³-hybridized carbons (Fsp3) is 0.308. The Morgan fingerprint density at radius 1 is 1.53 bits per heavy atom. The van der Waals surface area contributed by atoms with E-state index in [0.717, 1.165) is 23.0 Å². The maximum atomic E-state index is 11.0. The Balaban J connectivity index is 2.72. The van der Waals surface area contributed by atoms with Gasteiger partial charge in [-0.2, -0.15) is 0 Å². The summed E-state index contributed by atoms with van der Waals surface area (Å²) in [6.45, 7) is 3.93. The van der Waals surface area contributed by atoms with Gasteiger partial charge in [-0.1, -0.05) is 25.1 Å². The van der Waals surface area contributed by atoms with Crippen molar-refractivity contribution in [2.75, 3.05) is 0 Å². The van der Waals surface area contributed by atoms with Crippen LogP contribution in [0.15, 0.2) is 18.2 Å². The number of aryl methyl sites for hydroxylation is 2. The number of H-pyrrole nitrogens is 1. The fourth-order valence-electron chi connectivity index (χ4n) is 2.25. The van der Waals surface area contributed by atoms with Gasteiger partial charge < -0.3 is 15.8 Å². The van der Waals surface area contributed by atoms with E-state index in [-0.39, 0.29) is 0 Å². The third-order valence-corrected chi connectivity index (χ3v) is 3.12. The predicted molar refractivity (Wildman–Crippen MR) is 67.0 cm³/mol. The lowest BCUT2D eigenvalue weighted by molar-refractivity contribution is -0.138. The van der Waals surface area contributed by atoms with Crippen molar-refractivity contribution in [3.05, 3.63) is 35.0 Å². The molecule has 0 bridgehead atoms. The number of hydrogen-bond acceptors (Lipinski definition) is 2. The normalized spacial score (nSPS) is 12.9. The molecule has 4 nitrogen and oxygen atoms in total. The second-order valence-electron chi connectivity index (χ2n) is 4.17. The number of rotatable bonds is 3. The summed E-state index contributed by atoms with van der Waals surface area (Å²) in [5, 5.41) is 9.94. The molecule has 1 aromatic heterocycles. The van der Waals surface area contributed by atoms with E-state index in [4.69, 9.17) is 10.8 Å². The summed E-state index contributed by atoms with van der Waals surface area (Å²) in [6.07, 6.45) is 0.902. The van der Waals surface area contributed by atoms with Gasteiger partial charge in [-0.15, -0.1) is 0 Å². The summed E-state index contributed by atoms with van der Waals surface area (Å²) in [5.74, 6) is -1.00. The van der Waals surface area contributed by atoms with Crippen LogP contribution in [0.1, 0.15) is 29.8 Å². The molecule has 0 radical (unpaired) electrons.